The molecule has 6 heteroatoms. The van der Waals surface area contributed by atoms with Gasteiger partial charge in [-0.15, -0.1) is 0 Å². The monoisotopic (exact) mass is 413 g/mol. The van der Waals surface area contributed by atoms with Crippen LogP contribution in [0.25, 0.3) is 6.08 Å². The smallest absolute Gasteiger partial charge is 0.269 e. The van der Waals surface area contributed by atoms with Gasteiger partial charge in [0.15, 0.2) is 0 Å². The van der Waals surface area contributed by atoms with E-state index in [9.17, 15) is 14.4 Å². The van der Waals surface area contributed by atoms with E-state index in [1.54, 1.807) is 42.5 Å². The summed E-state index contributed by atoms with van der Waals surface area (Å²) in [4.78, 5) is 36.4. The first-order chi connectivity index (χ1) is 14.9. The number of nitrogens with one attached hydrogen (secondary N) is 3. The van der Waals surface area contributed by atoms with E-state index < -0.39 is 11.8 Å². The van der Waals surface area contributed by atoms with Crippen molar-refractivity contribution in [2.75, 3.05) is 5.32 Å². The number of aryl methyl sites for hydroxylation is 2. The van der Waals surface area contributed by atoms with E-state index in [-0.39, 0.29) is 5.91 Å². The molecule has 0 saturated carbocycles. The lowest BCUT2D eigenvalue weighted by atomic mass is 10.1. The second-order valence-corrected chi connectivity index (χ2v) is 7.09. The van der Waals surface area contributed by atoms with Crippen LogP contribution in [0.5, 0.6) is 0 Å². The normalized spacial score (nSPS) is 10.5. The Morgan fingerprint density at radius 2 is 1.42 bits per heavy atom. The van der Waals surface area contributed by atoms with Gasteiger partial charge in [0.25, 0.3) is 17.7 Å². The molecule has 0 aliphatic rings. The van der Waals surface area contributed by atoms with Gasteiger partial charge in [-0.25, -0.2) is 0 Å². The number of hydrazine groups is 1. The number of rotatable bonds is 5. The molecule has 0 aliphatic carbocycles. The molecule has 31 heavy (non-hydrogen) atoms. The number of hydrogen-bond donors (Lipinski definition) is 3. The van der Waals surface area contributed by atoms with Crippen molar-refractivity contribution < 1.29 is 14.4 Å². The third-order valence-corrected chi connectivity index (χ3v) is 4.49. The van der Waals surface area contributed by atoms with Gasteiger partial charge < -0.3 is 5.32 Å². The molecule has 3 N–H and O–H groups in total. The quantitative estimate of drug-likeness (QED) is 0.436. The van der Waals surface area contributed by atoms with Gasteiger partial charge in [0.2, 0.25) is 0 Å². The van der Waals surface area contributed by atoms with Crippen molar-refractivity contribution in [1.82, 2.24) is 10.9 Å². The summed E-state index contributed by atoms with van der Waals surface area (Å²) in [5.74, 6) is -1.14. The van der Waals surface area contributed by atoms with Gasteiger partial charge in [-0.05, 0) is 61.9 Å². The molecule has 6 nitrogen and oxygen atoms in total. The highest BCUT2D eigenvalue weighted by Gasteiger charge is 2.09. The second-order valence-electron chi connectivity index (χ2n) is 7.09. The molecule has 0 atom stereocenters. The average molecular weight is 413 g/mol. The Balaban J connectivity index is 1.51. The standard InChI is InChI=1S/C25H23N3O3/c1-17-6-8-19(9-7-17)10-15-23(29)27-28-25(31)20-11-13-22(14-12-20)26-24(30)21-5-3-4-18(2)16-21/h3-16H,1-2H3,(H,26,30)(H,27,29)(H,28,31)/b15-10+. The summed E-state index contributed by atoms with van der Waals surface area (Å²) in [6.07, 6.45) is 3.00. The molecular formula is C25H23N3O3. The summed E-state index contributed by atoms with van der Waals surface area (Å²) in [5, 5.41) is 2.79. The highest BCUT2D eigenvalue weighted by atomic mass is 16.2. The fourth-order valence-electron chi connectivity index (χ4n) is 2.78. The summed E-state index contributed by atoms with van der Waals surface area (Å²) in [6, 6.07) is 21.4. The SMILES string of the molecule is Cc1ccc(/C=C/C(=O)NNC(=O)c2ccc(NC(=O)c3cccc(C)c3)cc2)cc1. The molecule has 0 saturated heterocycles. The number of hydrogen-bond acceptors (Lipinski definition) is 3. The van der Waals surface area contributed by atoms with E-state index in [0.29, 0.717) is 16.8 Å². The van der Waals surface area contributed by atoms with Crippen LogP contribution in [0.2, 0.25) is 0 Å². The summed E-state index contributed by atoms with van der Waals surface area (Å²) in [6.45, 7) is 3.90. The van der Waals surface area contributed by atoms with Crippen molar-refractivity contribution in [3.05, 3.63) is 107 Å². The van der Waals surface area contributed by atoms with Crippen LogP contribution in [0.15, 0.2) is 78.9 Å². The minimum atomic E-state index is -0.464. The molecule has 0 aliphatic heterocycles. The van der Waals surface area contributed by atoms with Gasteiger partial charge in [0, 0.05) is 22.9 Å². The predicted octanol–water partition coefficient (Wildman–Crippen LogP) is 4.03. The maximum Gasteiger partial charge on any atom is 0.269 e. The van der Waals surface area contributed by atoms with Crippen molar-refractivity contribution in [1.29, 1.82) is 0 Å². The molecule has 0 heterocycles. The van der Waals surface area contributed by atoms with E-state index in [1.807, 2.05) is 50.2 Å². The number of carbonyl (C=O) groups is 3. The maximum absolute atomic E-state index is 12.3. The summed E-state index contributed by atoms with van der Waals surface area (Å²) in [5.41, 5.74) is 9.18. The van der Waals surface area contributed by atoms with Crippen LogP contribution in [-0.2, 0) is 4.79 Å². The zero-order valence-electron chi connectivity index (χ0n) is 17.3. The first-order valence-corrected chi connectivity index (χ1v) is 9.74. The highest BCUT2D eigenvalue weighted by molar-refractivity contribution is 6.04. The van der Waals surface area contributed by atoms with E-state index in [0.717, 1.165) is 16.7 Å². The molecule has 0 radical (unpaired) electrons. The van der Waals surface area contributed by atoms with Crippen LogP contribution in [-0.4, -0.2) is 17.7 Å². The highest BCUT2D eigenvalue weighted by Crippen LogP contribution is 2.12. The first kappa shape index (κ1) is 21.5. The van der Waals surface area contributed by atoms with Gasteiger partial charge in [-0.1, -0.05) is 47.5 Å². The van der Waals surface area contributed by atoms with Crippen LogP contribution in [0.1, 0.15) is 37.4 Å². The van der Waals surface area contributed by atoms with Crippen molar-refractivity contribution in [2.24, 2.45) is 0 Å². The van der Waals surface area contributed by atoms with E-state index in [1.165, 1.54) is 6.08 Å². The number of benzene rings is 3. The van der Waals surface area contributed by atoms with E-state index in [4.69, 9.17) is 0 Å². The Morgan fingerprint density at radius 1 is 0.710 bits per heavy atom. The van der Waals surface area contributed by atoms with Crippen LogP contribution in [0.4, 0.5) is 5.69 Å². The lowest BCUT2D eigenvalue weighted by Crippen LogP contribution is -2.40. The fraction of sp³-hybridized carbons (Fsp3) is 0.0800. The minimum Gasteiger partial charge on any atom is -0.322 e. The molecule has 3 rings (SSSR count). The average Bonchev–Trinajstić information content (AvgIpc) is 2.77. The summed E-state index contributed by atoms with van der Waals surface area (Å²) >= 11 is 0. The topological polar surface area (TPSA) is 87.3 Å². The minimum absolute atomic E-state index is 0.228. The Bertz CT molecular complexity index is 1120. The first-order valence-electron chi connectivity index (χ1n) is 9.74. The van der Waals surface area contributed by atoms with Gasteiger partial charge in [-0.2, -0.15) is 0 Å². The Morgan fingerprint density at radius 3 is 2.10 bits per heavy atom. The zero-order chi connectivity index (χ0) is 22.2. The number of amides is 3. The third-order valence-electron chi connectivity index (χ3n) is 4.49. The number of anilines is 1. The Labute approximate surface area is 181 Å². The van der Waals surface area contributed by atoms with E-state index >= 15 is 0 Å². The van der Waals surface area contributed by atoms with Crippen LogP contribution in [0.3, 0.4) is 0 Å². The lowest BCUT2D eigenvalue weighted by molar-refractivity contribution is -0.117. The Hall–Kier alpha value is -4.19. The van der Waals surface area contributed by atoms with Crippen LogP contribution in [0, 0.1) is 13.8 Å². The molecule has 3 aromatic rings. The third kappa shape index (κ3) is 6.40. The van der Waals surface area contributed by atoms with Gasteiger partial charge in [0.05, 0.1) is 0 Å². The molecular weight excluding hydrogens is 390 g/mol. The fourth-order valence-corrected chi connectivity index (χ4v) is 2.78. The molecule has 0 spiro atoms. The van der Waals surface area contributed by atoms with Crippen LogP contribution < -0.4 is 16.2 Å². The largest absolute Gasteiger partial charge is 0.322 e. The van der Waals surface area contributed by atoms with Crippen molar-refractivity contribution >= 4 is 29.5 Å². The van der Waals surface area contributed by atoms with Gasteiger partial charge >= 0.3 is 0 Å². The summed E-state index contributed by atoms with van der Waals surface area (Å²) in [7, 11) is 0. The van der Waals surface area contributed by atoms with Crippen LogP contribution >= 0.6 is 0 Å². The van der Waals surface area contributed by atoms with Gasteiger partial charge in [-0.3, -0.25) is 25.2 Å². The van der Waals surface area contributed by atoms with Crippen molar-refractivity contribution in [3.8, 4) is 0 Å². The molecule has 0 fully saturated rings. The molecule has 0 unspecified atom stereocenters. The molecule has 0 aromatic heterocycles. The second kappa shape index (κ2) is 10.0. The zero-order valence-corrected chi connectivity index (χ0v) is 17.3. The van der Waals surface area contributed by atoms with Gasteiger partial charge in [0.1, 0.15) is 0 Å². The molecule has 3 aromatic carbocycles. The predicted molar refractivity (Wildman–Crippen MR) is 121 cm³/mol. The molecule has 0 bridgehead atoms. The molecule has 156 valence electrons. The number of carbonyl (C=O) groups excluding carboxylic acids is 3. The van der Waals surface area contributed by atoms with Crippen molar-refractivity contribution in [3.63, 3.8) is 0 Å². The van der Waals surface area contributed by atoms with Crippen molar-refractivity contribution in [2.45, 2.75) is 13.8 Å². The maximum atomic E-state index is 12.3. The van der Waals surface area contributed by atoms with E-state index in [2.05, 4.69) is 16.2 Å². The Kier molecular flexibility index (Phi) is 6.96. The summed E-state index contributed by atoms with van der Waals surface area (Å²) < 4.78 is 0. The lowest BCUT2D eigenvalue weighted by Gasteiger charge is -2.08. The molecule has 3 amide bonds.